The summed E-state index contributed by atoms with van der Waals surface area (Å²) in [6, 6.07) is 8.23. The van der Waals surface area contributed by atoms with Crippen LogP contribution in [0.2, 0.25) is 0 Å². The number of hydrogen-bond acceptors (Lipinski definition) is 6. The van der Waals surface area contributed by atoms with E-state index < -0.39 is 23.8 Å². The lowest BCUT2D eigenvalue weighted by Crippen LogP contribution is -2.35. The molecule has 0 spiro atoms. The largest absolute Gasteiger partial charge is 0.504 e. The average Bonchev–Trinajstić information content (AvgIpc) is 2.62. The minimum atomic E-state index is -1.56. The summed E-state index contributed by atoms with van der Waals surface area (Å²) in [7, 11) is 0. The van der Waals surface area contributed by atoms with Gasteiger partial charge in [-0.25, -0.2) is 0 Å². The van der Waals surface area contributed by atoms with Gasteiger partial charge in [0.05, 0.1) is 11.8 Å². The molecule has 8 heteroatoms. The van der Waals surface area contributed by atoms with Gasteiger partial charge in [0.2, 0.25) is 0 Å². The molecule has 0 amide bonds. The van der Waals surface area contributed by atoms with Crippen molar-refractivity contribution in [2.24, 2.45) is 5.41 Å². The summed E-state index contributed by atoms with van der Waals surface area (Å²) in [6.45, 7) is 0. The predicted molar refractivity (Wildman–Crippen MR) is 98.5 cm³/mol. The van der Waals surface area contributed by atoms with Gasteiger partial charge in [-0.1, -0.05) is 12.1 Å². The molecule has 0 atom stereocenters. The second-order valence-corrected chi connectivity index (χ2v) is 6.80. The highest BCUT2D eigenvalue weighted by atomic mass is 16.4. The Morgan fingerprint density at radius 2 is 1.14 bits per heavy atom. The van der Waals surface area contributed by atoms with Crippen molar-refractivity contribution in [3.63, 3.8) is 0 Å². The number of carboxylic acids is 2. The van der Waals surface area contributed by atoms with Crippen molar-refractivity contribution < 1.29 is 40.2 Å². The summed E-state index contributed by atoms with van der Waals surface area (Å²) in [6.07, 6.45) is -0.204. The maximum atomic E-state index is 12.0. The van der Waals surface area contributed by atoms with Gasteiger partial charge in [-0.15, -0.1) is 0 Å². The third-order valence-electron chi connectivity index (χ3n) is 4.81. The average molecular weight is 390 g/mol. The molecule has 28 heavy (non-hydrogen) atoms. The second kappa shape index (κ2) is 8.51. The molecule has 0 aliphatic heterocycles. The van der Waals surface area contributed by atoms with Crippen LogP contribution in [0.4, 0.5) is 0 Å². The van der Waals surface area contributed by atoms with Crippen LogP contribution in [0.3, 0.4) is 0 Å². The molecule has 0 unspecified atom stereocenters. The number of phenolic OH excluding ortho intramolecular Hbond substituents is 4. The molecule has 0 radical (unpaired) electrons. The number of hydrogen-bond donors (Lipinski definition) is 6. The zero-order chi connectivity index (χ0) is 20.9. The van der Waals surface area contributed by atoms with E-state index in [0.29, 0.717) is 11.1 Å². The number of aliphatic carboxylic acids is 2. The van der Waals surface area contributed by atoms with E-state index in [4.69, 9.17) is 0 Å². The van der Waals surface area contributed by atoms with Crippen LogP contribution >= 0.6 is 0 Å². The van der Waals surface area contributed by atoms with Crippen molar-refractivity contribution >= 4 is 11.9 Å². The third-order valence-corrected chi connectivity index (χ3v) is 4.81. The quantitative estimate of drug-likeness (QED) is 0.357. The van der Waals surface area contributed by atoms with Gasteiger partial charge in [0.15, 0.2) is 23.0 Å². The van der Waals surface area contributed by atoms with Crippen molar-refractivity contribution in [3.05, 3.63) is 47.5 Å². The summed E-state index contributed by atoms with van der Waals surface area (Å²) in [5.74, 6) is -3.77. The lowest BCUT2D eigenvalue weighted by Gasteiger charge is -2.28. The van der Waals surface area contributed by atoms with Gasteiger partial charge in [-0.05, 0) is 61.1 Å². The van der Waals surface area contributed by atoms with Crippen LogP contribution in [-0.4, -0.2) is 42.6 Å². The zero-order valence-electron chi connectivity index (χ0n) is 15.0. The minimum absolute atomic E-state index is 0.00289. The van der Waals surface area contributed by atoms with E-state index in [2.05, 4.69) is 0 Å². The highest BCUT2D eigenvalue weighted by molar-refractivity contribution is 5.81. The second-order valence-electron chi connectivity index (χ2n) is 6.80. The SMILES string of the molecule is O=C(O)CC(CCc1ccc(O)c(O)c1)(CCc1ccc(O)c(O)c1)C(=O)O. The third kappa shape index (κ3) is 5.06. The maximum Gasteiger partial charge on any atom is 0.310 e. The van der Waals surface area contributed by atoms with Crippen LogP contribution in [0.25, 0.3) is 0 Å². The molecular weight excluding hydrogens is 368 g/mol. The van der Waals surface area contributed by atoms with Crippen molar-refractivity contribution in [3.8, 4) is 23.0 Å². The number of benzene rings is 2. The molecule has 0 fully saturated rings. The number of aromatic hydroxyl groups is 4. The fourth-order valence-electron chi connectivity index (χ4n) is 3.10. The molecule has 6 N–H and O–H groups in total. The maximum absolute atomic E-state index is 12.0. The van der Waals surface area contributed by atoms with E-state index in [1.807, 2.05) is 0 Å². The normalized spacial score (nSPS) is 11.3. The zero-order valence-corrected chi connectivity index (χ0v) is 15.0. The summed E-state index contributed by atoms with van der Waals surface area (Å²) in [5.41, 5.74) is -0.436. The van der Waals surface area contributed by atoms with Gasteiger partial charge < -0.3 is 30.6 Å². The van der Waals surface area contributed by atoms with Gasteiger partial charge in [0, 0.05) is 0 Å². The van der Waals surface area contributed by atoms with E-state index in [9.17, 15) is 40.2 Å². The van der Waals surface area contributed by atoms with Crippen LogP contribution in [0.1, 0.15) is 30.4 Å². The Labute approximate surface area is 160 Å². The molecule has 8 nitrogen and oxygen atoms in total. The van der Waals surface area contributed by atoms with E-state index in [0.717, 1.165) is 0 Å². The van der Waals surface area contributed by atoms with Crippen LogP contribution < -0.4 is 0 Å². The lowest BCUT2D eigenvalue weighted by molar-refractivity contribution is -0.156. The van der Waals surface area contributed by atoms with E-state index >= 15 is 0 Å². The van der Waals surface area contributed by atoms with Gasteiger partial charge in [0.1, 0.15) is 0 Å². The predicted octanol–water partition coefficient (Wildman–Crippen LogP) is 2.62. The summed E-state index contributed by atoms with van der Waals surface area (Å²) >= 11 is 0. The summed E-state index contributed by atoms with van der Waals surface area (Å²) in [5, 5.41) is 56.9. The molecular formula is C20H22O8. The molecule has 0 bridgehead atoms. The van der Waals surface area contributed by atoms with Crippen molar-refractivity contribution in [1.82, 2.24) is 0 Å². The molecule has 0 heterocycles. The van der Waals surface area contributed by atoms with Gasteiger partial charge in [-0.2, -0.15) is 0 Å². The Hall–Kier alpha value is -3.42. The molecule has 150 valence electrons. The fourth-order valence-corrected chi connectivity index (χ4v) is 3.10. The Morgan fingerprint density at radius 3 is 1.46 bits per heavy atom. The van der Waals surface area contributed by atoms with Gasteiger partial charge in [-0.3, -0.25) is 9.59 Å². The molecule has 0 aliphatic rings. The van der Waals surface area contributed by atoms with E-state index in [1.54, 1.807) is 0 Å². The van der Waals surface area contributed by atoms with Crippen LogP contribution in [0.15, 0.2) is 36.4 Å². The van der Waals surface area contributed by atoms with Crippen LogP contribution in [0, 0.1) is 5.41 Å². The van der Waals surface area contributed by atoms with Crippen molar-refractivity contribution in [1.29, 1.82) is 0 Å². The molecule has 2 aromatic rings. The first-order valence-corrected chi connectivity index (χ1v) is 8.60. The Kier molecular flexibility index (Phi) is 6.35. The number of carbonyl (C=O) groups is 2. The Morgan fingerprint density at radius 1 is 0.714 bits per heavy atom. The van der Waals surface area contributed by atoms with Crippen molar-refractivity contribution in [2.75, 3.05) is 0 Å². The fraction of sp³-hybridized carbons (Fsp3) is 0.300. The molecule has 2 aromatic carbocycles. The Balaban J connectivity index is 2.22. The van der Waals surface area contributed by atoms with Gasteiger partial charge >= 0.3 is 11.9 Å². The summed E-state index contributed by atoms with van der Waals surface area (Å²) in [4.78, 5) is 23.3. The first kappa shape index (κ1) is 20.9. The lowest BCUT2D eigenvalue weighted by atomic mass is 9.74. The first-order valence-electron chi connectivity index (χ1n) is 8.60. The number of aryl methyl sites for hydroxylation is 2. The topological polar surface area (TPSA) is 156 Å². The molecule has 0 aromatic heterocycles. The Bertz CT molecular complexity index is 819. The highest BCUT2D eigenvalue weighted by Gasteiger charge is 2.40. The molecule has 0 saturated carbocycles. The number of phenols is 4. The first-order chi connectivity index (χ1) is 13.1. The van der Waals surface area contributed by atoms with Crippen LogP contribution in [0.5, 0.6) is 23.0 Å². The smallest absolute Gasteiger partial charge is 0.310 e. The number of carboxylic acid groups (broad SMARTS) is 2. The molecule has 0 aliphatic carbocycles. The molecule has 2 rings (SSSR count). The van der Waals surface area contributed by atoms with Gasteiger partial charge in [0.25, 0.3) is 0 Å². The molecule has 0 saturated heterocycles. The minimum Gasteiger partial charge on any atom is -0.504 e. The summed E-state index contributed by atoms with van der Waals surface area (Å²) < 4.78 is 0. The standard InChI is InChI=1S/C20H22O8/c21-14-3-1-12(9-16(14)23)5-7-20(19(27)28,11-18(25)26)8-6-13-2-4-15(22)17(24)10-13/h1-4,9-10,21-24H,5-8,11H2,(H,25,26)(H,27,28). The highest BCUT2D eigenvalue weighted by Crippen LogP contribution is 2.36. The monoisotopic (exact) mass is 390 g/mol. The van der Waals surface area contributed by atoms with E-state index in [-0.39, 0.29) is 48.7 Å². The van der Waals surface area contributed by atoms with Crippen LogP contribution in [-0.2, 0) is 22.4 Å². The van der Waals surface area contributed by atoms with Crippen molar-refractivity contribution in [2.45, 2.75) is 32.1 Å². The van der Waals surface area contributed by atoms with E-state index in [1.165, 1.54) is 36.4 Å². The number of rotatable bonds is 9.